The van der Waals surface area contributed by atoms with Crippen molar-refractivity contribution in [2.75, 3.05) is 37.9 Å². The van der Waals surface area contributed by atoms with Crippen molar-refractivity contribution >= 4 is 39.1 Å². The Morgan fingerprint density at radius 3 is 2.29 bits per heavy atom. The van der Waals surface area contributed by atoms with E-state index >= 15 is 0 Å². The molecular formula is C24H32ClN3O6S. The van der Waals surface area contributed by atoms with Crippen molar-refractivity contribution in [3.05, 3.63) is 53.1 Å². The van der Waals surface area contributed by atoms with Crippen molar-refractivity contribution in [3.63, 3.8) is 0 Å². The molecule has 35 heavy (non-hydrogen) atoms. The number of hydrogen-bond donors (Lipinski definition) is 1. The molecule has 0 radical (unpaired) electrons. The van der Waals surface area contributed by atoms with Crippen LogP contribution in [0.25, 0.3) is 0 Å². The first-order chi connectivity index (χ1) is 16.5. The lowest BCUT2D eigenvalue weighted by Gasteiger charge is -2.32. The molecular weight excluding hydrogens is 494 g/mol. The number of hydrogen-bond acceptors (Lipinski definition) is 6. The van der Waals surface area contributed by atoms with Crippen LogP contribution < -0.4 is 19.1 Å². The van der Waals surface area contributed by atoms with Gasteiger partial charge in [-0.1, -0.05) is 30.7 Å². The smallest absolute Gasteiger partial charge is 0.244 e. The summed E-state index contributed by atoms with van der Waals surface area (Å²) in [5, 5.41) is 3.07. The number of sulfonamides is 1. The van der Waals surface area contributed by atoms with Gasteiger partial charge in [-0.2, -0.15) is 0 Å². The molecule has 11 heteroatoms. The van der Waals surface area contributed by atoms with Gasteiger partial charge in [-0.05, 0) is 49.2 Å². The predicted octanol–water partition coefficient (Wildman–Crippen LogP) is 3.07. The van der Waals surface area contributed by atoms with Gasteiger partial charge in [-0.15, -0.1) is 0 Å². The molecule has 0 aliphatic carbocycles. The standard InChI is InChI=1S/C24H32ClN3O6S/c1-6-13-26-24(30)17(2)27(15-18-7-10-20(33-3)11-8-18)23(29)16-28(35(5,31)32)21-14-19(25)9-12-22(21)34-4/h7-12,14,17H,6,13,15-16H2,1-5H3,(H,26,30)/t17-/m1/s1. The Kier molecular flexibility index (Phi) is 10.2. The van der Waals surface area contributed by atoms with Gasteiger partial charge in [0.15, 0.2) is 0 Å². The summed E-state index contributed by atoms with van der Waals surface area (Å²) in [6, 6.07) is 10.7. The summed E-state index contributed by atoms with van der Waals surface area (Å²) in [5.41, 5.74) is 0.879. The average molecular weight is 526 g/mol. The first-order valence-corrected chi connectivity index (χ1v) is 13.3. The highest BCUT2D eigenvalue weighted by molar-refractivity contribution is 7.92. The Morgan fingerprint density at radius 2 is 1.74 bits per heavy atom. The highest BCUT2D eigenvalue weighted by Gasteiger charge is 2.31. The first-order valence-electron chi connectivity index (χ1n) is 11.0. The maximum Gasteiger partial charge on any atom is 0.244 e. The summed E-state index contributed by atoms with van der Waals surface area (Å²) in [6.45, 7) is 3.54. The Balaban J connectivity index is 2.43. The number of carbonyl (C=O) groups excluding carboxylic acids is 2. The largest absolute Gasteiger partial charge is 0.497 e. The minimum absolute atomic E-state index is 0.0911. The molecule has 0 bridgehead atoms. The van der Waals surface area contributed by atoms with E-state index in [-0.39, 0.29) is 28.9 Å². The molecule has 0 heterocycles. The lowest BCUT2D eigenvalue weighted by molar-refractivity contribution is -0.139. The molecule has 0 aliphatic rings. The van der Waals surface area contributed by atoms with Crippen LogP contribution in [0.1, 0.15) is 25.8 Å². The number of halogens is 1. The third kappa shape index (κ3) is 7.76. The van der Waals surface area contributed by atoms with Crippen LogP contribution in [-0.2, 0) is 26.2 Å². The van der Waals surface area contributed by atoms with Crippen LogP contribution in [0.4, 0.5) is 5.69 Å². The Morgan fingerprint density at radius 1 is 1.09 bits per heavy atom. The number of carbonyl (C=O) groups is 2. The fourth-order valence-corrected chi connectivity index (χ4v) is 4.37. The fraction of sp³-hybridized carbons (Fsp3) is 0.417. The molecule has 1 atom stereocenters. The van der Waals surface area contributed by atoms with Crippen LogP contribution in [0.15, 0.2) is 42.5 Å². The minimum atomic E-state index is -3.91. The van der Waals surface area contributed by atoms with Crippen molar-refractivity contribution in [3.8, 4) is 11.5 Å². The van der Waals surface area contributed by atoms with Crippen molar-refractivity contribution < 1.29 is 27.5 Å². The molecule has 2 aromatic rings. The Labute approximate surface area is 212 Å². The SMILES string of the molecule is CCCNC(=O)[C@@H](C)N(Cc1ccc(OC)cc1)C(=O)CN(c1cc(Cl)ccc1OC)S(C)(=O)=O. The summed E-state index contributed by atoms with van der Waals surface area (Å²) in [5.74, 6) is -0.00731. The Bertz CT molecular complexity index is 1120. The van der Waals surface area contributed by atoms with Gasteiger partial charge in [0.25, 0.3) is 0 Å². The highest BCUT2D eigenvalue weighted by Crippen LogP contribution is 2.33. The van der Waals surface area contributed by atoms with Gasteiger partial charge in [-0.3, -0.25) is 13.9 Å². The lowest BCUT2D eigenvalue weighted by atomic mass is 10.1. The van der Waals surface area contributed by atoms with Crippen molar-refractivity contribution in [2.24, 2.45) is 0 Å². The molecule has 1 N–H and O–H groups in total. The number of anilines is 1. The van der Waals surface area contributed by atoms with Crippen LogP contribution in [0.3, 0.4) is 0 Å². The second kappa shape index (κ2) is 12.6. The summed E-state index contributed by atoms with van der Waals surface area (Å²) in [4.78, 5) is 27.6. The second-order valence-electron chi connectivity index (χ2n) is 7.92. The van der Waals surface area contributed by atoms with E-state index in [0.717, 1.165) is 22.5 Å². The number of nitrogens with zero attached hydrogens (tertiary/aromatic N) is 2. The molecule has 0 saturated carbocycles. The molecule has 0 saturated heterocycles. The molecule has 0 spiro atoms. The number of ether oxygens (including phenoxy) is 2. The first kappa shape index (κ1) is 28.3. The van der Waals surface area contributed by atoms with E-state index in [1.54, 1.807) is 44.4 Å². The molecule has 0 unspecified atom stereocenters. The summed E-state index contributed by atoms with van der Waals surface area (Å²) >= 11 is 6.10. The van der Waals surface area contributed by atoms with E-state index in [4.69, 9.17) is 21.1 Å². The van der Waals surface area contributed by atoms with Crippen LogP contribution in [-0.4, -0.2) is 64.7 Å². The normalized spacial score (nSPS) is 11.9. The predicted molar refractivity (Wildman–Crippen MR) is 137 cm³/mol. The monoisotopic (exact) mass is 525 g/mol. The number of rotatable bonds is 12. The summed E-state index contributed by atoms with van der Waals surface area (Å²) < 4.78 is 36.8. The third-order valence-electron chi connectivity index (χ3n) is 5.32. The van der Waals surface area contributed by atoms with Gasteiger partial charge in [-0.25, -0.2) is 8.42 Å². The number of methoxy groups -OCH3 is 2. The lowest BCUT2D eigenvalue weighted by Crippen LogP contribution is -2.51. The zero-order valence-corrected chi connectivity index (χ0v) is 22.1. The number of amides is 2. The molecule has 0 fully saturated rings. The second-order valence-corrected chi connectivity index (χ2v) is 10.3. The maximum atomic E-state index is 13.5. The van der Waals surface area contributed by atoms with E-state index in [9.17, 15) is 18.0 Å². The Hall–Kier alpha value is -2.98. The van der Waals surface area contributed by atoms with Gasteiger partial charge in [0, 0.05) is 18.1 Å². The maximum absolute atomic E-state index is 13.5. The summed E-state index contributed by atoms with van der Waals surface area (Å²) in [7, 11) is -0.963. The van der Waals surface area contributed by atoms with E-state index < -0.39 is 28.5 Å². The molecule has 2 aromatic carbocycles. The molecule has 0 aliphatic heterocycles. The van der Waals surface area contributed by atoms with Gasteiger partial charge in [0.2, 0.25) is 21.8 Å². The van der Waals surface area contributed by atoms with Crippen molar-refractivity contribution in [2.45, 2.75) is 32.9 Å². The number of nitrogens with one attached hydrogen (secondary N) is 1. The van der Waals surface area contributed by atoms with E-state index in [1.165, 1.54) is 24.1 Å². The van der Waals surface area contributed by atoms with Crippen LogP contribution in [0, 0.1) is 0 Å². The summed E-state index contributed by atoms with van der Waals surface area (Å²) in [6.07, 6.45) is 1.73. The molecule has 9 nitrogen and oxygen atoms in total. The van der Waals surface area contributed by atoms with Gasteiger partial charge in [0.1, 0.15) is 24.1 Å². The van der Waals surface area contributed by atoms with E-state index in [0.29, 0.717) is 12.3 Å². The number of benzene rings is 2. The minimum Gasteiger partial charge on any atom is -0.497 e. The molecule has 2 rings (SSSR count). The third-order valence-corrected chi connectivity index (χ3v) is 6.68. The van der Waals surface area contributed by atoms with Crippen LogP contribution >= 0.6 is 11.6 Å². The van der Waals surface area contributed by atoms with Gasteiger partial charge >= 0.3 is 0 Å². The zero-order valence-electron chi connectivity index (χ0n) is 20.6. The topological polar surface area (TPSA) is 105 Å². The van der Waals surface area contributed by atoms with Gasteiger partial charge in [0.05, 0.1) is 26.2 Å². The van der Waals surface area contributed by atoms with Crippen LogP contribution in [0.2, 0.25) is 5.02 Å². The molecule has 2 amide bonds. The average Bonchev–Trinajstić information content (AvgIpc) is 2.83. The van der Waals surface area contributed by atoms with E-state index in [1.807, 2.05) is 6.92 Å². The van der Waals surface area contributed by atoms with Crippen LogP contribution in [0.5, 0.6) is 11.5 Å². The van der Waals surface area contributed by atoms with Crippen molar-refractivity contribution in [1.82, 2.24) is 10.2 Å². The molecule has 0 aromatic heterocycles. The van der Waals surface area contributed by atoms with Crippen molar-refractivity contribution in [1.29, 1.82) is 0 Å². The highest BCUT2D eigenvalue weighted by atomic mass is 35.5. The zero-order chi connectivity index (χ0) is 26.2. The fourth-order valence-electron chi connectivity index (χ4n) is 3.36. The van der Waals surface area contributed by atoms with Gasteiger partial charge < -0.3 is 19.7 Å². The quantitative estimate of drug-likeness (QED) is 0.456. The van der Waals surface area contributed by atoms with E-state index in [2.05, 4.69) is 5.32 Å². The molecule has 192 valence electrons.